The van der Waals surface area contributed by atoms with E-state index in [1.54, 1.807) is 0 Å². The maximum atomic E-state index is 11.1. The number of alkyl halides is 2. The molecular weight excluding hydrogens is 201 g/mol. The molecule has 6 heteroatoms. The van der Waals surface area contributed by atoms with Crippen molar-refractivity contribution in [2.45, 2.75) is 4.84 Å². The van der Waals surface area contributed by atoms with Crippen LogP contribution in [0.15, 0.2) is 18.7 Å². The molecule has 4 nitrogen and oxygen atoms in total. The van der Waals surface area contributed by atoms with Crippen molar-refractivity contribution in [2.75, 3.05) is 6.54 Å². The van der Waals surface area contributed by atoms with E-state index in [1.807, 2.05) is 0 Å². The monoisotopic (exact) mass is 207 g/mol. The molecule has 0 aliphatic carbocycles. The van der Waals surface area contributed by atoms with Gasteiger partial charge in [-0.3, -0.25) is 4.57 Å². The van der Waals surface area contributed by atoms with Crippen LogP contribution in [0.4, 0.5) is 4.79 Å². The molecule has 1 N–H and O–H groups in total. The number of nitrogens with one attached hydrogen (secondary N) is 1. The number of rotatable bonds is 2. The number of carbonyl (C=O) groups is 1. The Labute approximate surface area is 79.5 Å². The summed E-state index contributed by atoms with van der Waals surface area (Å²) >= 11 is 10.8. The van der Waals surface area contributed by atoms with E-state index >= 15 is 0 Å². The number of amides is 1. The fourth-order valence-electron chi connectivity index (χ4n) is 0.635. The van der Waals surface area contributed by atoms with Gasteiger partial charge in [0, 0.05) is 18.9 Å². The fraction of sp³-hybridized carbons (Fsp3) is 0.333. The minimum Gasteiger partial charge on any atom is -0.335 e. The van der Waals surface area contributed by atoms with Crippen LogP contribution in [-0.2, 0) is 0 Å². The number of hydrogen-bond acceptors (Lipinski definition) is 2. The molecule has 0 spiro atoms. The van der Waals surface area contributed by atoms with E-state index in [0.29, 0.717) is 0 Å². The molecular formula is C6H7Cl2N3O. The van der Waals surface area contributed by atoms with Crippen molar-refractivity contribution >= 4 is 29.2 Å². The Balaban J connectivity index is 2.40. The van der Waals surface area contributed by atoms with Crippen molar-refractivity contribution in [1.82, 2.24) is 14.9 Å². The third-order valence-electron chi connectivity index (χ3n) is 1.15. The van der Waals surface area contributed by atoms with Crippen LogP contribution in [0.2, 0.25) is 0 Å². The van der Waals surface area contributed by atoms with Gasteiger partial charge in [0.1, 0.15) is 11.2 Å². The lowest BCUT2D eigenvalue weighted by atomic mass is 10.7. The third-order valence-corrected chi connectivity index (χ3v) is 1.46. The fourth-order valence-corrected chi connectivity index (χ4v) is 0.789. The molecule has 0 fully saturated rings. The number of halogens is 2. The van der Waals surface area contributed by atoms with Crippen LogP contribution in [0.3, 0.4) is 0 Å². The summed E-state index contributed by atoms with van der Waals surface area (Å²) in [4.78, 5) is 14.2. The maximum absolute atomic E-state index is 11.1. The van der Waals surface area contributed by atoms with Gasteiger partial charge in [-0.25, -0.2) is 9.78 Å². The molecule has 0 unspecified atom stereocenters. The average molecular weight is 208 g/mol. The molecule has 0 saturated heterocycles. The highest BCUT2D eigenvalue weighted by molar-refractivity contribution is 6.44. The first-order valence-corrected chi connectivity index (χ1v) is 4.11. The van der Waals surface area contributed by atoms with E-state index in [-0.39, 0.29) is 12.6 Å². The zero-order valence-electron chi connectivity index (χ0n) is 6.08. The lowest BCUT2D eigenvalue weighted by Crippen LogP contribution is -2.31. The zero-order valence-corrected chi connectivity index (χ0v) is 7.59. The highest BCUT2D eigenvalue weighted by Gasteiger charge is 2.04. The van der Waals surface area contributed by atoms with Gasteiger partial charge in [0.25, 0.3) is 0 Å². The molecule has 0 bridgehead atoms. The summed E-state index contributed by atoms with van der Waals surface area (Å²) in [7, 11) is 0. The van der Waals surface area contributed by atoms with Gasteiger partial charge in [0.05, 0.1) is 0 Å². The summed E-state index contributed by atoms with van der Waals surface area (Å²) < 4.78 is 1.30. The second kappa shape index (κ2) is 4.33. The summed E-state index contributed by atoms with van der Waals surface area (Å²) in [5, 5.41) is 2.50. The van der Waals surface area contributed by atoms with Crippen LogP contribution in [0.25, 0.3) is 0 Å². The normalized spacial score (nSPS) is 10.2. The van der Waals surface area contributed by atoms with E-state index in [2.05, 4.69) is 10.3 Å². The summed E-state index contributed by atoms with van der Waals surface area (Å²) in [6, 6.07) is -0.293. The van der Waals surface area contributed by atoms with Crippen molar-refractivity contribution in [2.24, 2.45) is 0 Å². The average Bonchev–Trinajstić information content (AvgIpc) is 2.51. The van der Waals surface area contributed by atoms with Crippen LogP contribution < -0.4 is 5.32 Å². The first kappa shape index (κ1) is 9.35. The predicted molar refractivity (Wildman–Crippen MR) is 46.5 cm³/mol. The van der Waals surface area contributed by atoms with Gasteiger partial charge in [-0.2, -0.15) is 0 Å². The second-order valence-corrected chi connectivity index (χ2v) is 3.32. The Morgan fingerprint density at radius 2 is 2.42 bits per heavy atom. The van der Waals surface area contributed by atoms with Gasteiger partial charge < -0.3 is 5.32 Å². The highest BCUT2D eigenvalue weighted by Crippen LogP contribution is 1.98. The van der Waals surface area contributed by atoms with Crippen LogP contribution >= 0.6 is 23.2 Å². The minimum atomic E-state index is -0.586. The van der Waals surface area contributed by atoms with E-state index in [0.717, 1.165) is 0 Å². The topological polar surface area (TPSA) is 46.9 Å². The van der Waals surface area contributed by atoms with Crippen molar-refractivity contribution in [3.8, 4) is 0 Å². The van der Waals surface area contributed by atoms with Gasteiger partial charge in [0.2, 0.25) is 0 Å². The number of aromatic nitrogens is 2. The first-order chi connectivity index (χ1) is 5.70. The van der Waals surface area contributed by atoms with Gasteiger partial charge in [-0.15, -0.1) is 23.2 Å². The Morgan fingerprint density at radius 3 is 2.92 bits per heavy atom. The van der Waals surface area contributed by atoms with E-state index in [9.17, 15) is 4.79 Å². The standard InChI is InChI=1S/C6H7Cl2N3O/c7-5(8)3-10-6(12)11-2-1-9-4-11/h1-2,4-5H,3H2,(H,10,12). The van der Waals surface area contributed by atoms with Crippen LogP contribution in [0.1, 0.15) is 0 Å². The third kappa shape index (κ3) is 2.71. The Kier molecular flexibility index (Phi) is 3.37. The van der Waals surface area contributed by atoms with Gasteiger partial charge in [-0.05, 0) is 0 Å². The Bertz CT molecular complexity index is 247. The lowest BCUT2D eigenvalue weighted by Gasteiger charge is -2.04. The van der Waals surface area contributed by atoms with Crippen molar-refractivity contribution in [3.05, 3.63) is 18.7 Å². The molecule has 1 aromatic heterocycles. The minimum absolute atomic E-state index is 0.222. The van der Waals surface area contributed by atoms with Crippen molar-refractivity contribution in [1.29, 1.82) is 0 Å². The molecule has 0 atom stereocenters. The molecule has 0 aliphatic heterocycles. The molecule has 1 aromatic rings. The molecule has 0 aromatic carbocycles. The molecule has 12 heavy (non-hydrogen) atoms. The van der Waals surface area contributed by atoms with E-state index in [1.165, 1.54) is 23.3 Å². The molecule has 0 saturated carbocycles. The number of hydrogen-bond donors (Lipinski definition) is 1. The Hall–Kier alpha value is -0.740. The van der Waals surface area contributed by atoms with Crippen LogP contribution in [0, 0.1) is 0 Å². The molecule has 1 rings (SSSR count). The summed E-state index contributed by atoms with van der Waals surface area (Å²) in [5.41, 5.74) is 0. The lowest BCUT2D eigenvalue weighted by molar-refractivity contribution is 0.243. The van der Waals surface area contributed by atoms with Crippen LogP contribution in [-0.4, -0.2) is 27.0 Å². The SMILES string of the molecule is O=C(NCC(Cl)Cl)n1ccnc1. The number of imidazole rings is 1. The van der Waals surface area contributed by atoms with E-state index in [4.69, 9.17) is 23.2 Å². The Morgan fingerprint density at radius 1 is 1.67 bits per heavy atom. The molecule has 0 radical (unpaired) electrons. The molecule has 66 valence electrons. The van der Waals surface area contributed by atoms with Crippen molar-refractivity contribution in [3.63, 3.8) is 0 Å². The zero-order chi connectivity index (χ0) is 8.97. The molecule has 0 aliphatic rings. The van der Waals surface area contributed by atoms with Gasteiger partial charge in [0.15, 0.2) is 0 Å². The second-order valence-electron chi connectivity index (χ2n) is 2.05. The quantitative estimate of drug-likeness (QED) is 0.743. The summed E-state index contributed by atoms with van der Waals surface area (Å²) in [5.74, 6) is 0. The van der Waals surface area contributed by atoms with Gasteiger partial charge >= 0.3 is 6.03 Å². The van der Waals surface area contributed by atoms with Gasteiger partial charge in [-0.1, -0.05) is 0 Å². The summed E-state index contributed by atoms with van der Waals surface area (Å²) in [6.07, 6.45) is 4.44. The highest BCUT2D eigenvalue weighted by atomic mass is 35.5. The predicted octanol–water partition coefficient (Wildman–Crippen LogP) is 1.24. The smallest absolute Gasteiger partial charge is 0.326 e. The maximum Gasteiger partial charge on any atom is 0.326 e. The largest absolute Gasteiger partial charge is 0.335 e. The molecule has 1 heterocycles. The molecule has 1 amide bonds. The summed E-state index contributed by atoms with van der Waals surface area (Å²) in [6.45, 7) is 0.222. The van der Waals surface area contributed by atoms with Crippen molar-refractivity contribution < 1.29 is 4.79 Å². The van der Waals surface area contributed by atoms with Crippen LogP contribution in [0.5, 0.6) is 0 Å². The number of nitrogens with zero attached hydrogens (tertiary/aromatic N) is 2. The number of carbonyl (C=O) groups excluding carboxylic acids is 1. The first-order valence-electron chi connectivity index (χ1n) is 3.24. The van der Waals surface area contributed by atoms with E-state index < -0.39 is 4.84 Å².